The summed E-state index contributed by atoms with van der Waals surface area (Å²) in [4.78, 5) is 11.2. The van der Waals surface area contributed by atoms with Crippen LogP contribution in [0.4, 0.5) is 11.4 Å². The first-order valence-corrected chi connectivity index (χ1v) is 6.49. The van der Waals surface area contributed by atoms with E-state index in [1.807, 2.05) is 6.07 Å². The molecule has 4 heteroatoms. The maximum atomic E-state index is 11.2. The molecule has 5 N–H and O–H groups in total. The third kappa shape index (κ3) is 2.94. The van der Waals surface area contributed by atoms with Gasteiger partial charge >= 0.3 is 0 Å². The number of nitrogen functional groups attached to an aromatic ring is 1. The van der Waals surface area contributed by atoms with Crippen molar-refractivity contribution in [2.45, 2.75) is 26.2 Å². The number of nitrogens with two attached hydrogens (primary N) is 2. The number of primary amides is 1. The maximum absolute atomic E-state index is 11.2. The largest absolute Gasteiger partial charge is 0.398 e. The van der Waals surface area contributed by atoms with Crippen LogP contribution < -0.4 is 16.8 Å². The lowest BCUT2D eigenvalue weighted by Crippen LogP contribution is -2.15. The van der Waals surface area contributed by atoms with E-state index < -0.39 is 5.91 Å². The molecule has 1 fully saturated rings. The molecule has 0 spiro atoms. The highest BCUT2D eigenvalue weighted by atomic mass is 16.1. The molecule has 0 aromatic heterocycles. The first-order chi connectivity index (χ1) is 8.56. The van der Waals surface area contributed by atoms with Crippen molar-refractivity contribution in [2.75, 3.05) is 17.6 Å². The predicted molar refractivity (Wildman–Crippen MR) is 74.4 cm³/mol. The fourth-order valence-corrected chi connectivity index (χ4v) is 2.65. The van der Waals surface area contributed by atoms with Crippen molar-refractivity contribution in [3.8, 4) is 0 Å². The van der Waals surface area contributed by atoms with Gasteiger partial charge in [-0.3, -0.25) is 4.79 Å². The van der Waals surface area contributed by atoms with Crippen LogP contribution in [0.5, 0.6) is 0 Å². The minimum absolute atomic E-state index is 0.389. The second-order valence-corrected chi connectivity index (χ2v) is 5.33. The number of hydrogen-bond acceptors (Lipinski definition) is 3. The molecule has 1 amide bonds. The Morgan fingerprint density at radius 2 is 2.22 bits per heavy atom. The highest BCUT2D eigenvalue weighted by Gasteiger charge is 2.20. The fraction of sp³-hybridized carbons (Fsp3) is 0.500. The molecule has 1 saturated carbocycles. The SMILES string of the molecule is CC1CCC(CNc2ccc(N)c(C(N)=O)c2)C1. The summed E-state index contributed by atoms with van der Waals surface area (Å²) < 4.78 is 0. The number of amides is 1. The van der Waals surface area contributed by atoms with Gasteiger partial charge in [-0.05, 0) is 42.9 Å². The number of hydrogen-bond donors (Lipinski definition) is 3. The van der Waals surface area contributed by atoms with Crippen LogP contribution in [0.1, 0.15) is 36.5 Å². The molecule has 18 heavy (non-hydrogen) atoms. The van der Waals surface area contributed by atoms with E-state index in [2.05, 4.69) is 12.2 Å². The monoisotopic (exact) mass is 247 g/mol. The van der Waals surface area contributed by atoms with Crippen LogP contribution in [-0.4, -0.2) is 12.5 Å². The Hall–Kier alpha value is -1.71. The lowest BCUT2D eigenvalue weighted by Gasteiger charge is -2.13. The topological polar surface area (TPSA) is 81.1 Å². The number of nitrogens with one attached hydrogen (secondary N) is 1. The summed E-state index contributed by atoms with van der Waals surface area (Å²) in [5, 5.41) is 3.37. The molecule has 2 rings (SSSR count). The van der Waals surface area contributed by atoms with Gasteiger partial charge in [-0.1, -0.05) is 13.3 Å². The van der Waals surface area contributed by atoms with Crippen molar-refractivity contribution in [1.29, 1.82) is 0 Å². The third-order valence-corrected chi connectivity index (χ3v) is 3.72. The van der Waals surface area contributed by atoms with Crippen LogP contribution in [0.25, 0.3) is 0 Å². The van der Waals surface area contributed by atoms with E-state index >= 15 is 0 Å². The quantitative estimate of drug-likeness (QED) is 0.713. The average Bonchev–Trinajstić information content (AvgIpc) is 2.74. The summed E-state index contributed by atoms with van der Waals surface area (Å²) in [5.74, 6) is 1.09. The Bertz CT molecular complexity index is 445. The van der Waals surface area contributed by atoms with Gasteiger partial charge in [-0.15, -0.1) is 0 Å². The Morgan fingerprint density at radius 3 is 2.83 bits per heavy atom. The van der Waals surface area contributed by atoms with E-state index in [1.54, 1.807) is 12.1 Å². The Morgan fingerprint density at radius 1 is 1.44 bits per heavy atom. The summed E-state index contributed by atoms with van der Waals surface area (Å²) in [6.07, 6.45) is 3.89. The summed E-state index contributed by atoms with van der Waals surface area (Å²) in [5.41, 5.74) is 12.7. The first kappa shape index (κ1) is 12.7. The molecular formula is C14H21N3O. The molecule has 0 heterocycles. The maximum Gasteiger partial charge on any atom is 0.250 e. The normalized spacial score (nSPS) is 22.9. The van der Waals surface area contributed by atoms with E-state index in [0.717, 1.165) is 24.1 Å². The lowest BCUT2D eigenvalue weighted by atomic mass is 10.1. The minimum atomic E-state index is -0.481. The van der Waals surface area contributed by atoms with Gasteiger partial charge in [0.05, 0.1) is 5.56 Å². The van der Waals surface area contributed by atoms with Crippen molar-refractivity contribution in [2.24, 2.45) is 17.6 Å². The van der Waals surface area contributed by atoms with Gasteiger partial charge < -0.3 is 16.8 Å². The van der Waals surface area contributed by atoms with E-state index in [-0.39, 0.29) is 0 Å². The smallest absolute Gasteiger partial charge is 0.250 e. The molecule has 0 saturated heterocycles. The Kier molecular flexibility index (Phi) is 3.75. The van der Waals surface area contributed by atoms with Crippen molar-refractivity contribution in [3.63, 3.8) is 0 Å². The molecule has 0 bridgehead atoms. The molecule has 1 aromatic rings. The van der Waals surface area contributed by atoms with Gasteiger partial charge in [-0.25, -0.2) is 0 Å². The van der Waals surface area contributed by atoms with Crippen LogP contribution in [0.3, 0.4) is 0 Å². The molecule has 98 valence electrons. The molecule has 1 aliphatic rings. The summed E-state index contributed by atoms with van der Waals surface area (Å²) in [7, 11) is 0. The zero-order valence-electron chi connectivity index (χ0n) is 10.8. The average molecular weight is 247 g/mol. The van der Waals surface area contributed by atoms with Crippen LogP contribution in [0.2, 0.25) is 0 Å². The molecular weight excluding hydrogens is 226 g/mol. The second-order valence-electron chi connectivity index (χ2n) is 5.33. The van der Waals surface area contributed by atoms with Gasteiger partial charge in [0.15, 0.2) is 0 Å². The standard InChI is InChI=1S/C14H21N3O/c1-9-2-3-10(6-9)8-17-11-4-5-13(15)12(7-11)14(16)18/h4-5,7,9-10,17H,2-3,6,8,15H2,1H3,(H2,16,18). The number of anilines is 2. The number of carbonyl (C=O) groups excluding carboxylic acids is 1. The molecule has 4 nitrogen and oxygen atoms in total. The van der Waals surface area contributed by atoms with E-state index in [0.29, 0.717) is 11.3 Å². The zero-order chi connectivity index (χ0) is 13.1. The van der Waals surface area contributed by atoms with Crippen LogP contribution >= 0.6 is 0 Å². The summed E-state index contributed by atoms with van der Waals surface area (Å²) in [6.45, 7) is 3.25. The second kappa shape index (κ2) is 5.29. The fourth-order valence-electron chi connectivity index (χ4n) is 2.65. The van der Waals surface area contributed by atoms with Crippen molar-refractivity contribution >= 4 is 17.3 Å². The number of benzene rings is 1. The van der Waals surface area contributed by atoms with Gasteiger partial charge in [0.25, 0.3) is 5.91 Å². The molecule has 1 aromatic carbocycles. The zero-order valence-corrected chi connectivity index (χ0v) is 10.8. The molecule has 1 aliphatic carbocycles. The summed E-state index contributed by atoms with van der Waals surface area (Å²) >= 11 is 0. The highest BCUT2D eigenvalue weighted by molar-refractivity contribution is 5.98. The summed E-state index contributed by atoms with van der Waals surface area (Å²) in [6, 6.07) is 5.34. The minimum Gasteiger partial charge on any atom is -0.398 e. The van der Waals surface area contributed by atoms with Gasteiger partial charge in [0.1, 0.15) is 0 Å². The molecule has 2 unspecified atom stereocenters. The molecule has 0 aliphatic heterocycles. The van der Waals surface area contributed by atoms with E-state index in [4.69, 9.17) is 11.5 Å². The number of carbonyl (C=O) groups is 1. The molecule has 0 radical (unpaired) electrons. The Balaban J connectivity index is 1.97. The number of rotatable bonds is 4. The Labute approximate surface area is 108 Å². The van der Waals surface area contributed by atoms with Crippen molar-refractivity contribution in [1.82, 2.24) is 0 Å². The van der Waals surface area contributed by atoms with Crippen LogP contribution in [0, 0.1) is 11.8 Å². The van der Waals surface area contributed by atoms with Gasteiger partial charge in [-0.2, -0.15) is 0 Å². The molecule has 2 atom stereocenters. The van der Waals surface area contributed by atoms with E-state index in [1.165, 1.54) is 19.3 Å². The first-order valence-electron chi connectivity index (χ1n) is 6.49. The van der Waals surface area contributed by atoms with Crippen LogP contribution in [0.15, 0.2) is 18.2 Å². The highest BCUT2D eigenvalue weighted by Crippen LogP contribution is 2.30. The van der Waals surface area contributed by atoms with Gasteiger partial charge in [0, 0.05) is 17.9 Å². The lowest BCUT2D eigenvalue weighted by molar-refractivity contribution is 0.100. The third-order valence-electron chi connectivity index (χ3n) is 3.72. The predicted octanol–water partition coefficient (Wildman–Crippen LogP) is 2.22. The van der Waals surface area contributed by atoms with Crippen LogP contribution in [-0.2, 0) is 0 Å². The van der Waals surface area contributed by atoms with Gasteiger partial charge in [0.2, 0.25) is 0 Å². The van der Waals surface area contributed by atoms with E-state index in [9.17, 15) is 4.79 Å². The van der Waals surface area contributed by atoms with Crippen molar-refractivity contribution in [3.05, 3.63) is 23.8 Å². The van der Waals surface area contributed by atoms with Crippen molar-refractivity contribution < 1.29 is 4.79 Å².